The average Bonchev–Trinajstić information content (AvgIpc) is 2.69. The summed E-state index contributed by atoms with van der Waals surface area (Å²) in [7, 11) is 0. The fourth-order valence-corrected chi connectivity index (χ4v) is 2.56. The van der Waals surface area contributed by atoms with Crippen LogP contribution in [0.15, 0.2) is 18.2 Å². The summed E-state index contributed by atoms with van der Waals surface area (Å²) >= 11 is 0. The zero-order valence-electron chi connectivity index (χ0n) is 11.9. The monoisotopic (exact) mass is 261 g/mol. The highest BCUT2D eigenvalue weighted by Crippen LogP contribution is 2.21. The van der Waals surface area contributed by atoms with Gasteiger partial charge >= 0.3 is 0 Å². The lowest BCUT2D eigenvalue weighted by molar-refractivity contribution is 0.0761. The molecule has 0 aliphatic carbocycles. The Balaban J connectivity index is 2.12. The van der Waals surface area contributed by atoms with Crippen molar-refractivity contribution in [3.05, 3.63) is 29.3 Å². The lowest BCUT2D eigenvalue weighted by Crippen LogP contribution is -2.31. The molecule has 1 fully saturated rings. The lowest BCUT2D eigenvalue weighted by atomic mass is 10.1. The summed E-state index contributed by atoms with van der Waals surface area (Å²) in [5, 5.41) is 0. The number of hydrogen-bond acceptors (Lipinski definition) is 2. The van der Waals surface area contributed by atoms with Gasteiger partial charge < -0.3 is 9.64 Å². The van der Waals surface area contributed by atoms with E-state index in [4.69, 9.17) is 4.74 Å². The maximum absolute atomic E-state index is 12.5. The average molecular weight is 261 g/mol. The van der Waals surface area contributed by atoms with Crippen molar-refractivity contribution in [3.63, 3.8) is 0 Å². The minimum Gasteiger partial charge on any atom is -0.494 e. The zero-order valence-corrected chi connectivity index (χ0v) is 11.9. The van der Waals surface area contributed by atoms with Crippen LogP contribution in [0.1, 0.15) is 48.5 Å². The standard InChI is InChI=1S/C16H23NO2/c1-3-19-15-9-8-14(12-13(15)2)16(18)17-10-6-4-5-7-11-17/h8-9,12H,3-7,10-11H2,1-2H3. The minimum absolute atomic E-state index is 0.160. The van der Waals surface area contributed by atoms with Crippen molar-refractivity contribution in [3.8, 4) is 5.75 Å². The number of benzene rings is 1. The maximum atomic E-state index is 12.5. The molecule has 1 aliphatic rings. The third-order valence-electron chi connectivity index (χ3n) is 3.61. The molecular weight excluding hydrogens is 238 g/mol. The Morgan fingerprint density at radius 3 is 2.47 bits per heavy atom. The van der Waals surface area contributed by atoms with Gasteiger partial charge in [-0.2, -0.15) is 0 Å². The molecule has 3 nitrogen and oxygen atoms in total. The quantitative estimate of drug-likeness (QED) is 0.834. The molecule has 1 saturated heterocycles. The van der Waals surface area contributed by atoms with Crippen LogP contribution in [0.3, 0.4) is 0 Å². The van der Waals surface area contributed by atoms with Crippen molar-refractivity contribution < 1.29 is 9.53 Å². The van der Waals surface area contributed by atoms with Gasteiger partial charge in [-0.25, -0.2) is 0 Å². The third-order valence-corrected chi connectivity index (χ3v) is 3.61. The third kappa shape index (κ3) is 3.49. The predicted molar refractivity (Wildman–Crippen MR) is 76.7 cm³/mol. The molecule has 0 bridgehead atoms. The summed E-state index contributed by atoms with van der Waals surface area (Å²) in [6, 6.07) is 5.73. The lowest BCUT2D eigenvalue weighted by Gasteiger charge is -2.20. The molecule has 1 heterocycles. The van der Waals surface area contributed by atoms with E-state index in [1.54, 1.807) is 0 Å². The maximum Gasteiger partial charge on any atom is 0.253 e. The molecule has 0 spiro atoms. The molecule has 1 aliphatic heterocycles. The predicted octanol–water partition coefficient (Wildman–Crippen LogP) is 3.41. The van der Waals surface area contributed by atoms with E-state index in [2.05, 4.69) is 0 Å². The fourth-order valence-electron chi connectivity index (χ4n) is 2.56. The Kier molecular flexibility index (Phi) is 4.83. The minimum atomic E-state index is 0.160. The topological polar surface area (TPSA) is 29.5 Å². The van der Waals surface area contributed by atoms with Crippen molar-refractivity contribution in [2.24, 2.45) is 0 Å². The van der Waals surface area contributed by atoms with Gasteiger partial charge in [0, 0.05) is 18.7 Å². The van der Waals surface area contributed by atoms with E-state index in [0.29, 0.717) is 6.61 Å². The van der Waals surface area contributed by atoms with E-state index in [1.165, 1.54) is 12.8 Å². The van der Waals surface area contributed by atoms with Crippen molar-refractivity contribution in [2.45, 2.75) is 39.5 Å². The van der Waals surface area contributed by atoms with Crippen molar-refractivity contribution in [1.82, 2.24) is 4.90 Å². The van der Waals surface area contributed by atoms with Crippen LogP contribution >= 0.6 is 0 Å². The summed E-state index contributed by atoms with van der Waals surface area (Å²) in [4.78, 5) is 14.4. The van der Waals surface area contributed by atoms with Gasteiger partial charge in [0.15, 0.2) is 0 Å². The highest BCUT2D eigenvalue weighted by Gasteiger charge is 2.17. The van der Waals surface area contributed by atoms with E-state index >= 15 is 0 Å². The Bertz CT molecular complexity index is 434. The van der Waals surface area contributed by atoms with Crippen molar-refractivity contribution in [1.29, 1.82) is 0 Å². The first-order chi connectivity index (χ1) is 9.22. The van der Waals surface area contributed by atoms with Gasteiger partial charge in [0.05, 0.1) is 6.61 Å². The molecule has 0 N–H and O–H groups in total. The number of carbonyl (C=O) groups is 1. The molecule has 0 aromatic heterocycles. The fraction of sp³-hybridized carbons (Fsp3) is 0.562. The van der Waals surface area contributed by atoms with E-state index in [1.807, 2.05) is 36.9 Å². The summed E-state index contributed by atoms with van der Waals surface area (Å²) in [5.74, 6) is 1.03. The van der Waals surface area contributed by atoms with Gasteiger partial charge in [-0.15, -0.1) is 0 Å². The first kappa shape index (κ1) is 13.9. The van der Waals surface area contributed by atoms with Gasteiger partial charge in [-0.1, -0.05) is 12.8 Å². The summed E-state index contributed by atoms with van der Waals surface area (Å²) in [5.41, 5.74) is 1.81. The number of likely N-dealkylation sites (tertiary alicyclic amines) is 1. The van der Waals surface area contributed by atoms with E-state index in [-0.39, 0.29) is 5.91 Å². The number of carbonyl (C=O) groups excluding carboxylic acids is 1. The molecule has 3 heteroatoms. The molecule has 0 atom stereocenters. The van der Waals surface area contributed by atoms with Gasteiger partial charge in [0.2, 0.25) is 0 Å². The first-order valence-electron chi connectivity index (χ1n) is 7.25. The molecule has 1 amide bonds. The van der Waals surface area contributed by atoms with Gasteiger partial charge in [0.1, 0.15) is 5.75 Å². The van der Waals surface area contributed by atoms with Gasteiger partial charge in [0.25, 0.3) is 5.91 Å². The van der Waals surface area contributed by atoms with E-state index in [9.17, 15) is 4.79 Å². The number of amides is 1. The molecule has 0 unspecified atom stereocenters. The van der Waals surface area contributed by atoms with Gasteiger partial charge in [-0.3, -0.25) is 4.79 Å². The van der Waals surface area contributed by atoms with Gasteiger partial charge in [-0.05, 0) is 50.5 Å². The van der Waals surface area contributed by atoms with Crippen LogP contribution in [0.4, 0.5) is 0 Å². The van der Waals surface area contributed by atoms with Crippen molar-refractivity contribution in [2.75, 3.05) is 19.7 Å². The van der Waals surface area contributed by atoms with E-state index in [0.717, 1.165) is 42.8 Å². The molecule has 104 valence electrons. The Hall–Kier alpha value is -1.51. The summed E-state index contributed by atoms with van der Waals surface area (Å²) < 4.78 is 5.51. The highest BCUT2D eigenvalue weighted by atomic mass is 16.5. The van der Waals surface area contributed by atoms with Crippen molar-refractivity contribution >= 4 is 5.91 Å². The SMILES string of the molecule is CCOc1ccc(C(=O)N2CCCCCC2)cc1C. The van der Waals surface area contributed by atoms with Crippen LogP contribution in [0.5, 0.6) is 5.75 Å². The Morgan fingerprint density at radius 1 is 1.21 bits per heavy atom. The molecule has 1 aromatic rings. The van der Waals surface area contributed by atoms with Crippen LogP contribution in [-0.2, 0) is 0 Å². The second-order valence-electron chi connectivity index (χ2n) is 5.12. The second-order valence-corrected chi connectivity index (χ2v) is 5.12. The summed E-state index contributed by atoms with van der Waals surface area (Å²) in [6.45, 7) is 6.40. The highest BCUT2D eigenvalue weighted by molar-refractivity contribution is 5.94. The number of ether oxygens (including phenoxy) is 1. The number of rotatable bonds is 3. The van der Waals surface area contributed by atoms with Crippen LogP contribution in [-0.4, -0.2) is 30.5 Å². The number of aryl methyl sites for hydroxylation is 1. The van der Waals surface area contributed by atoms with Crippen LogP contribution in [0.2, 0.25) is 0 Å². The van der Waals surface area contributed by atoms with Crippen LogP contribution in [0, 0.1) is 6.92 Å². The molecule has 1 aromatic carbocycles. The first-order valence-corrected chi connectivity index (χ1v) is 7.25. The second kappa shape index (κ2) is 6.60. The molecule has 0 saturated carbocycles. The normalized spacial score (nSPS) is 16.0. The Morgan fingerprint density at radius 2 is 1.89 bits per heavy atom. The van der Waals surface area contributed by atoms with Crippen LogP contribution < -0.4 is 4.74 Å². The number of nitrogens with zero attached hydrogens (tertiary/aromatic N) is 1. The zero-order chi connectivity index (χ0) is 13.7. The molecule has 19 heavy (non-hydrogen) atoms. The molecule has 2 rings (SSSR count). The van der Waals surface area contributed by atoms with E-state index < -0.39 is 0 Å². The Labute approximate surface area is 115 Å². The molecular formula is C16H23NO2. The molecule has 0 radical (unpaired) electrons. The largest absolute Gasteiger partial charge is 0.494 e. The number of hydrogen-bond donors (Lipinski definition) is 0. The van der Waals surface area contributed by atoms with Crippen LogP contribution in [0.25, 0.3) is 0 Å². The summed E-state index contributed by atoms with van der Waals surface area (Å²) in [6.07, 6.45) is 4.74. The smallest absolute Gasteiger partial charge is 0.253 e.